The second-order valence-corrected chi connectivity index (χ2v) is 8.26. The third-order valence-electron chi connectivity index (χ3n) is 6.21. The van der Waals surface area contributed by atoms with Gasteiger partial charge in [0.15, 0.2) is 0 Å². The van der Waals surface area contributed by atoms with Gasteiger partial charge < -0.3 is 19.5 Å². The zero-order valence-corrected chi connectivity index (χ0v) is 17.4. The van der Waals surface area contributed by atoms with E-state index >= 15 is 0 Å². The van der Waals surface area contributed by atoms with Gasteiger partial charge in [0.25, 0.3) is 0 Å². The van der Waals surface area contributed by atoms with Crippen molar-refractivity contribution in [2.75, 3.05) is 24.6 Å². The third-order valence-corrected chi connectivity index (χ3v) is 6.21. The monoisotopic (exact) mass is 434 g/mol. The number of nitrogens with one attached hydrogen (secondary N) is 1. The SMILES string of the molecule is O=C(CN1C(=O)[C@@]2(COc3ccc(F)cc3)C[C@H]2c2ccccc21)NCCn1ccnc1. The van der Waals surface area contributed by atoms with Crippen LogP contribution in [-0.4, -0.2) is 41.1 Å². The van der Waals surface area contributed by atoms with Crippen molar-refractivity contribution in [1.82, 2.24) is 14.9 Å². The van der Waals surface area contributed by atoms with E-state index in [1.165, 1.54) is 12.1 Å². The van der Waals surface area contributed by atoms with Crippen molar-refractivity contribution in [2.45, 2.75) is 18.9 Å². The Hall–Kier alpha value is -3.68. The number of carbonyl (C=O) groups excluding carboxylic acids is 2. The van der Waals surface area contributed by atoms with Crippen molar-refractivity contribution in [2.24, 2.45) is 5.41 Å². The van der Waals surface area contributed by atoms with Crippen LogP contribution < -0.4 is 15.0 Å². The number of para-hydroxylation sites is 1. The first kappa shape index (κ1) is 20.2. The molecular weight excluding hydrogens is 411 g/mol. The molecule has 5 rings (SSSR count). The van der Waals surface area contributed by atoms with E-state index in [1.54, 1.807) is 29.6 Å². The highest BCUT2D eigenvalue weighted by Crippen LogP contribution is 2.65. The predicted molar refractivity (Wildman–Crippen MR) is 116 cm³/mol. The molecule has 0 saturated heterocycles. The Morgan fingerprint density at radius 2 is 2.03 bits per heavy atom. The first-order valence-electron chi connectivity index (χ1n) is 10.6. The fourth-order valence-electron chi connectivity index (χ4n) is 4.42. The molecule has 2 heterocycles. The molecule has 2 amide bonds. The van der Waals surface area contributed by atoms with Gasteiger partial charge in [-0.3, -0.25) is 9.59 Å². The van der Waals surface area contributed by atoms with Crippen LogP contribution in [0, 0.1) is 11.2 Å². The number of anilines is 1. The van der Waals surface area contributed by atoms with Crippen LogP contribution in [-0.2, 0) is 16.1 Å². The number of benzene rings is 2. The van der Waals surface area contributed by atoms with Gasteiger partial charge in [0.2, 0.25) is 11.8 Å². The number of halogens is 1. The second kappa shape index (κ2) is 8.11. The summed E-state index contributed by atoms with van der Waals surface area (Å²) in [5.41, 5.74) is 1.14. The van der Waals surface area contributed by atoms with Crippen molar-refractivity contribution < 1.29 is 18.7 Å². The largest absolute Gasteiger partial charge is 0.492 e. The Morgan fingerprint density at radius 1 is 1.22 bits per heavy atom. The van der Waals surface area contributed by atoms with Gasteiger partial charge in [-0.1, -0.05) is 18.2 Å². The summed E-state index contributed by atoms with van der Waals surface area (Å²) in [4.78, 5) is 31.7. The molecule has 32 heavy (non-hydrogen) atoms. The first-order valence-corrected chi connectivity index (χ1v) is 10.6. The standard InChI is InChI=1S/C24H23FN4O3/c25-17-5-7-18(8-6-17)32-15-24-13-20(24)19-3-1-2-4-21(19)29(23(24)31)14-22(30)27-10-12-28-11-9-26-16-28/h1-9,11,16,20H,10,12-15H2,(H,27,30)/t20-,24+/m0/s1. The van der Waals surface area contributed by atoms with Crippen molar-refractivity contribution in [3.8, 4) is 5.75 Å². The van der Waals surface area contributed by atoms with Crippen molar-refractivity contribution >= 4 is 17.5 Å². The Balaban J connectivity index is 1.29. The molecule has 2 aliphatic rings. The maximum absolute atomic E-state index is 13.5. The number of aromatic nitrogens is 2. The molecular formula is C24H23FN4O3. The summed E-state index contributed by atoms with van der Waals surface area (Å²) in [7, 11) is 0. The van der Waals surface area contributed by atoms with Crippen LogP contribution in [0.5, 0.6) is 5.75 Å². The molecule has 8 heteroatoms. The molecule has 1 aliphatic heterocycles. The number of imidazole rings is 1. The average molecular weight is 434 g/mol. The highest BCUT2D eigenvalue weighted by atomic mass is 19.1. The van der Waals surface area contributed by atoms with Crippen molar-refractivity contribution in [1.29, 1.82) is 0 Å². The molecule has 1 aromatic heterocycles. The Kier molecular flexibility index (Phi) is 5.13. The summed E-state index contributed by atoms with van der Waals surface area (Å²) >= 11 is 0. The van der Waals surface area contributed by atoms with Gasteiger partial charge in [-0.25, -0.2) is 9.37 Å². The van der Waals surface area contributed by atoms with Gasteiger partial charge in [0.1, 0.15) is 24.7 Å². The van der Waals surface area contributed by atoms with Crippen LogP contribution in [0.1, 0.15) is 17.9 Å². The van der Waals surface area contributed by atoms with Crippen molar-refractivity contribution in [3.05, 3.63) is 78.6 Å². The van der Waals surface area contributed by atoms with E-state index in [-0.39, 0.29) is 36.7 Å². The molecule has 1 saturated carbocycles. The highest BCUT2D eigenvalue weighted by molar-refractivity contribution is 6.07. The summed E-state index contributed by atoms with van der Waals surface area (Å²) in [5, 5.41) is 2.88. The van der Waals surface area contributed by atoms with Crippen LogP contribution in [0.3, 0.4) is 0 Å². The lowest BCUT2D eigenvalue weighted by Gasteiger charge is -2.33. The van der Waals surface area contributed by atoms with Crippen LogP contribution >= 0.6 is 0 Å². The number of hydrogen-bond acceptors (Lipinski definition) is 4. The van der Waals surface area contributed by atoms with Crippen LogP contribution in [0.2, 0.25) is 0 Å². The summed E-state index contributed by atoms with van der Waals surface area (Å²) < 4.78 is 20.9. The number of nitrogens with zero attached hydrogens (tertiary/aromatic N) is 3. The fourth-order valence-corrected chi connectivity index (χ4v) is 4.42. The zero-order valence-electron chi connectivity index (χ0n) is 17.4. The molecule has 0 unspecified atom stereocenters. The minimum Gasteiger partial charge on any atom is -0.492 e. The lowest BCUT2D eigenvalue weighted by Crippen LogP contribution is -2.48. The topological polar surface area (TPSA) is 76.5 Å². The van der Waals surface area contributed by atoms with E-state index in [4.69, 9.17) is 4.74 Å². The molecule has 164 valence electrons. The van der Waals surface area contributed by atoms with E-state index in [0.717, 1.165) is 11.3 Å². The number of hydrogen-bond donors (Lipinski definition) is 1. The molecule has 2 atom stereocenters. The third kappa shape index (κ3) is 3.72. The van der Waals surface area contributed by atoms with E-state index in [9.17, 15) is 14.0 Å². The van der Waals surface area contributed by atoms with E-state index in [0.29, 0.717) is 25.3 Å². The van der Waals surface area contributed by atoms with Gasteiger partial charge >= 0.3 is 0 Å². The lowest BCUT2D eigenvalue weighted by atomic mass is 9.92. The lowest BCUT2D eigenvalue weighted by molar-refractivity contribution is -0.128. The van der Waals surface area contributed by atoms with Crippen LogP contribution in [0.15, 0.2) is 67.3 Å². The smallest absolute Gasteiger partial charge is 0.240 e. The quantitative estimate of drug-likeness (QED) is 0.592. The molecule has 1 N–H and O–H groups in total. The maximum Gasteiger partial charge on any atom is 0.240 e. The van der Waals surface area contributed by atoms with Gasteiger partial charge in [0, 0.05) is 37.1 Å². The summed E-state index contributed by atoms with van der Waals surface area (Å²) in [6, 6.07) is 13.5. The van der Waals surface area contributed by atoms with Gasteiger partial charge in [-0.15, -0.1) is 0 Å². The number of rotatable bonds is 8. The number of amides is 2. The molecule has 0 radical (unpaired) electrons. The van der Waals surface area contributed by atoms with Gasteiger partial charge in [-0.2, -0.15) is 0 Å². The number of ether oxygens (including phenoxy) is 1. The average Bonchev–Trinajstić information content (AvgIpc) is 3.33. The molecule has 2 aromatic carbocycles. The minimum absolute atomic E-state index is 0.0508. The Morgan fingerprint density at radius 3 is 2.81 bits per heavy atom. The molecule has 1 aliphatic carbocycles. The zero-order chi connectivity index (χ0) is 22.1. The van der Waals surface area contributed by atoms with Crippen LogP contribution in [0.25, 0.3) is 0 Å². The maximum atomic E-state index is 13.5. The van der Waals surface area contributed by atoms with E-state index in [2.05, 4.69) is 10.3 Å². The Bertz CT molecular complexity index is 1130. The molecule has 7 nitrogen and oxygen atoms in total. The van der Waals surface area contributed by atoms with Crippen LogP contribution in [0.4, 0.5) is 10.1 Å². The molecule has 0 bridgehead atoms. The molecule has 3 aromatic rings. The number of carbonyl (C=O) groups is 2. The molecule has 0 spiro atoms. The summed E-state index contributed by atoms with van der Waals surface area (Å²) in [6.45, 7) is 1.19. The first-order chi connectivity index (χ1) is 15.6. The van der Waals surface area contributed by atoms with Gasteiger partial charge in [-0.05, 0) is 42.3 Å². The normalized spacial score (nSPS) is 21.0. The number of fused-ring (bicyclic) bond motifs is 3. The second-order valence-electron chi connectivity index (χ2n) is 8.26. The van der Waals surface area contributed by atoms with E-state index < -0.39 is 5.41 Å². The van der Waals surface area contributed by atoms with Crippen molar-refractivity contribution in [3.63, 3.8) is 0 Å². The molecule has 1 fully saturated rings. The summed E-state index contributed by atoms with van der Waals surface area (Å²) in [5.74, 6) is -0.0863. The predicted octanol–water partition coefficient (Wildman–Crippen LogP) is 2.74. The summed E-state index contributed by atoms with van der Waals surface area (Å²) in [6.07, 6.45) is 5.87. The Labute approximate surface area is 184 Å². The highest BCUT2D eigenvalue weighted by Gasteiger charge is 2.66. The van der Waals surface area contributed by atoms with Gasteiger partial charge in [0.05, 0.1) is 11.7 Å². The fraction of sp³-hybridized carbons (Fsp3) is 0.292. The van der Waals surface area contributed by atoms with E-state index in [1.807, 2.05) is 35.0 Å². The minimum atomic E-state index is -0.695.